The van der Waals surface area contributed by atoms with E-state index in [0.717, 1.165) is 4.57 Å². The van der Waals surface area contributed by atoms with Crippen LogP contribution in [0.5, 0.6) is 0 Å². The maximum absolute atomic E-state index is 12.9. The van der Waals surface area contributed by atoms with Crippen molar-refractivity contribution in [3.05, 3.63) is 35.4 Å². The summed E-state index contributed by atoms with van der Waals surface area (Å²) >= 11 is 0. The molecule has 1 unspecified atom stereocenters. The number of fused-ring (bicyclic) bond motifs is 1. The third-order valence-corrected chi connectivity index (χ3v) is 7.92. The van der Waals surface area contributed by atoms with E-state index in [9.17, 15) is 29.0 Å². The van der Waals surface area contributed by atoms with Crippen LogP contribution in [0.15, 0.2) is 29.7 Å². The molecule has 8 atom stereocenters. The first-order chi connectivity index (χ1) is 19.7. The predicted octanol–water partition coefficient (Wildman–Crippen LogP) is -2.23. The van der Waals surface area contributed by atoms with E-state index in [0.29, 0.717) is 0 Å². The Morgan fingerprint density at radius 2 is 1.74 bits per heavy atom. The van der Waals surface area contributed by atoms with Gasteiger partial charge in [0.2, 0.25) is 0 Å². The first-order valence-electron chi connectivity index (χ1n) is 12.0. The second-order valence-electron chi connectivity index (χ2n) is 9.23. The largest absolute Gasteiger partial charge is 0.472 e. The predicted molar refractivity (Wildman–Crippen MR) is 136 cm³/mol. The van der Waals surface area contributed by atoms with E-state index in [4.69, 9.17) is 39.8 Å². The number of rotatable bonds is 10. The minimum atomic E-state index is -4.99. The number of phosphoric acid groups is 2. The van der Waals surface area contributed by atoms with Crippen LogP contribution < -0.4 is 17.2 Å². The second kappa shape index (κ2) is 11.6. The van der Waals surface area contributed by atoms with Crippen LogP contribution in [0, 0.1) is 0 Å². The number of hydrogen-bond donors (Lipinski definition) is 7. The zero-order chi connectivity index (χ0) is 30.4. The molecule has 2 aliphatic rings. The number of anilines is 2. The zero-order valence-electron chi connectivity index (χ0n) is 21.2. The summed E-state index contributed by atoms with van der Waals surface area (Å²) in [6, 6.07) is 1.29. The Kier molecular flexibility index (Phi) is 8.47. The number of aromatic nitrogens is 6. The van der Waals surface area contributed by atoms with E-state index >= 15 is 0 Å². The highest BCUT2D eigenvalue weighted by atomic mass is 31.2. The number of imidazole rings is 1. The van der Waals surface area contributed by atoms with Crippen molar-refractivity contribution in [3.63, 3.8) is 0 Å². The lowest BCUT2D eigenvalue weighted by atomic mass is 10.1. The molecule has 3 aromatic rings. The highest BCUT2D eigenvalue weighted by Gasteiger charge is 2.47. The van der Waals surface area contributed by atoms with Gasteiger partial charge in [-0.25, -0.2) is 28.9 Å². The molecule has 230 valence electrons. The van der Waals surface area contributed by atoms with E-state index in [-0.39, 0.29) is 29.2 Å². The summed E-state index contributed by atoms with van der Waals surface area (Å²) in [7, 11) is -9.96. The van der Waals surface area contributed by atoms with Crippen LogP contribution >= 0.6 is 15.6 Å². The number of nitrogens with zero attached hydrogens (tertiary/aromatic N) is 6. The van der Waals surface area contributed by atoms with Gasteiger partial charge in [0.25, 0.3) is 0 Å². The number of aliphatic hydroxyl groups is 2. The van der Waals surface area contributed by atoms with Gasteiger partial charge in [0.15, 0.2) is 17.7 Å². The third-order valence-electron chi connectivity index (χ3n) is 6.42. The Hall–Kier alpha value is -2.91. The maximum Gasteiger partial charge on any atom is 0.472 e. The minimum Gasteiger partial charge on any atom is -0.387 e. The average Bonchev–Trinajstić information content (AvgIpc) is 3.58. The summed E-state index contributed by atoms with van der Waals surface area (Å²) in [5, 5.41) is 21.1. The van der Waals surface area contributed by atoms with Crippen molar-refractivity contribution in [2.24, 2.45) is 0 Å². The number of phosphoric ester groups is 2. The Labute approximate surface area is 234 Å². The second-order valence-corrected chi connectivity index (χ2v) is 11.9. The molecule has 0 radical (unpaired) electrons. The fourth-order valence-corrected chi connectivity index (χ4v) is 5.77. The lowest BCUT2D eigenvalue weighted by Crippen LogP contribution is -2.34. The SMILES string of the molecule is Nc1ccn([C@H]2C[C@@H](OP(=O)(O)OC[C@H]3O[C@@H](n4cnc5c(N)ncnc54)[C@H](O)[C@H]3O)[C@@H](COP(=O)(O)O)O2)c(=O)n1. The molecule has 5 rings (SSSR count). The molecule has 0 bridgehead atoms. The van der Waals surface area contributed by atoms with E-state index in [1.54, 1.807) is 0 Å². The van der Waals surface area contributed by atoms with Crippen molar-refractivity contribution in [1.29, 1.82) is 0 Å². The lowest BCUT2D eigenvalue weighted by molar-refractivity contribution is -0.0588. The van der Waals surface area contributed by atoms with Gasteiger partial charge in [0, 0.05) is 12.6 Å². The fraction of sp³-hybridized carbons (Fsp3) is 0.526. The number of nitrogen functional groups attached to an aromatic ring is 2. The van der Waals surface area contributed by atoms with Gasteiger partial charge in [-0.15, -0.1) is 0 Å². The van der Waals surface area contributed by atoms with Crippen molar-refractivity contribution in [1.82, 2.24) is 29.1 Å². The first-order valence-corrected chi connectivity index (χ1v) is 15.1. The molecule has 23 heteroatoms. The van der Waals surface area contributed by atoms with Crippen molar-refractivity contribution < 1.29 is 57.1 Å². The van der Waals surface area contributed by atoms with Crippen LogP contribution in [0.2, 0.25) is 0 Å². The van der Waals surface area contributed by atoms with Crippen LogP contribution in [-0.2, 0) is 32.2 Å². The molecule has 9 N–H and O–H groups in total. The van der Waals surface area contributed by atoms with Crippen molar-refractivity contribution in [2.75, 3.05) is 24.7 Å². The molecule has 42 heavy (non-hydrogen) atoms. The summed E-state index contributed by atoms with van der Waals surface area (Å²) in [4.78, 5) is 56.3. The highest BCUT2D eigenvalue weighted by Crippen LogP contribution is 2.49. The molecule has 3 aromatic heterocycles. The highest BCUT2D eigenvalue weighted by molar-refractivity contribution is 7.47. The standard InChI is InChI=1S/C19H26N8O13P2/c20-11-1-2-26(19(30)25-11)12-3-8(9(38-12)4-36-41(31,32)33)40-42(34,35)37-5-10-14(28)15(29)18(39-10)27-7-24-13-16(21)22-6-23-17(13)27/h1-2,6-10,12,14-15,18,28-29H,3-5H2,(H,34,35)(H2,20,25,30)(H2,21,22,23)(H2,31,32,33)/t8-,9-,10-,12-,14+,15-,18-/m1/s1. The molecule has 2 aliphatic heterocycles. The smallest absolute Gasteiger partial charge is 0.387 e. The summed E-state index contributed by atoms with van der Waals surface area (Å²) in [6.45, 7) is -1.53. The van der Waals surface area contributed by atoms with E-state index in [2.05, 4.69) is 24.5 Å². The van der Waals surface area contributed by atoms with Gasteiger partial charge in [0.05, 0.1) is 19.5 Å². The molecule has 0 aliphatic carbocycles. The van der Waals surface area contributed by atoms with Gasteiger partial charge in [-0.1, -0.05) is 0 Å². The van der Waals surface area contributed by atoms with Crippen molar-refractivity contribution >= 4 is 38.4 Å². The quantitative estimate of drug-likeness (QED) is 0.116. The summed E-state index contributed by atoms with van der Waals surface area (Å²) < 4.78 is 52.3. The molecule has 21 nitrogen and oxygen atoms in total. The Balaban J connectivity index is 1.26. The molecule has 0 spiro atoms. The van der Waals surface area contributed by atoms with Gasteiger partial charge in [-0.05, 0) is 6.07 Å². The van der Waals surface area contributed by atoms with Crippen LogP contribution in [0.1, 0.15) is 18.9 Å². The van der Waals surface area contributed by atoms with Gasteiger partial charge < -0.3 is 45.8 Å². The number of nitrogens with two attached hydrogens (primary N) is 2. The summed E-state index contributed by atoms with van der Waals surface area (Å²) in [6.07, 6.45) is -6.12. The molecular formula is C19H26N8O13P2. The van der Waals surface area contributed by atoms with Gasteiger partial charge in [-0.2, -0.15) is 4.98 Å². The monoisotopic (exact) mass is 636 g/mol. The van der Waals surface area contributed by atoms with Crippen molar-refractivity contribution in [3.8, 4) is 0 Å². The van der Waals surface area contributed by atoms with E-state index in [1.165, 1.54) is 29.5 Å². The lowest BCUT2D eigenvalue weighted by Gasteiger charge is -2.22. The summed E-state index contributed by atoms with van der Waals surface area (Å²) in [5.41, 5.74) is 10.9. The van der Waals surface area contributed by atoms with Crippen LogP contribution in [0.3, 0.4) is 0 Å². The molecule has 2 saturated heterocycles. The zero-order valence-corrected chi connectivity index (χ0v) is 23.0. The third kappa shape index (κ3) is 6.52. The molecular weight excluding hydrogens is 610 g/mol. The number of hydrogen-bond acceptors (Lipinski definition) is 16. The molecule has 5 heterocycles. The van der Waals surface area contributed by atoms with E-state index in [1.807, 2.05) is 0 Å². The van der Waals surface area contributed by atoms with Crippen LogP contribution in [-0.4, -0.2) is 97.7 Å². The van der Waals surface area contributed by atoms with Gasteiger partial charge in [0.1, 0.15) is 54.4 Å². The Morgan fingerprint density at radius 3 is 2.45 bits per heavy atom. The minimum absolute atomic E-state index is 0.0704. The molecule has 2 fully saturated rings. The molecule has 0 aromatic carbocycles. The molecule has 0 saturated carbocycles. The van der Waals surface area contributed by atoms with Crippen LogP contribution in [0.4, 0.5) is 11.6 Å². The normalized spacial score (nSPS) is 29.7. The van der Waals surface area contributed by atoms with Gasteiger partial charge >= 0.3 is 21.3 Å². The molecule has 0 amide bonds. The Morgan fingerprint density at radius 1 is 1.00 bits per heavy atom. The number of ether oxygens (including phenoxy) is 2. The van der Waals surface area contributed by atoms with Crippen LogP contribution in [0.25, 0.3) is 11.2 Å². The first kappa shape index (κ1) is 30.5. The van der Waals surface area contributed by atoms with E-state index < -0.39 is 77.5 Å². The topological polar surface area (TPSA) is 312 Å². The Bertz CT molecular complexity index is 1600. The number of aliphatic hydroxyl groups excluding tert-OH is 2. The summed E-state index contributed by atoms with van der Waals surface area (Å²) in [5.74, 6) is 0.00388. The van der Waals surface area contributed by atoms with Gasteiger partial charge in [-0.3, -0.25) is 22.7 Å². The average molecular weight is 636 g/mol. The maximum atomic E-state index is 12.9. The fourth-order valence-electron chi connectivity index (χ4n) is 4.47. The van der Waals surface area contributed by atoms with Crippen molar-refractivity contribution in [2.45, 2.75) is 49.4 Å².